The Morgan fingerprint density at radius 2 is 1.44 bits per heavy atom. The molecule has 0 heterocycles. The van der Waals surface area contributed by atoms with Gasteiger partial charge in [0.15, 0.2) is 0 Å². The normalized spacial score (nSPS) is 21.4. The van der Waals surface area contributed by atoms with Crippen molar-refractivity contribution in [1.29, 1.82) is 0 Å². The first-order valence-corrected chi connectivity index (χ1v) is 11.3. The number of aliphatic hydroxyl groups is 1. The van der Waals surface area contributed by atoms with Crippen molar-refractivity contribution < 1.29 is 9.53 Å². The molecule has 2 aromatic rings. The molecular formula is C22H30O2Si. The highest BCUT2D eigenvalue weighted by atomic mass is 28.4. The molecule has 1 aliphatic rings. The summed E-state index contributed by atoms with van der Waals surface area (Å²) in [5.41, 5.74) is 0. The number of rotatable bonds is 5. The number of benzene rings is 2. The molecule has 2 nitrogen and oxygen atoms in total. The van der Waals surface area contributed by atoms with E-state index >= 15 is 0 Å². The van der Waals surface area contributed by atoms with Crippen LogP contribution in [-0.2, 0) is 4.43 Å². The van der Waals surface area contributed by atoms with Crippen molar-refractivity contribution in [3.05, 3.63) is 60.7 Å². The molecule has 2 atom stereocenters. The van der Waals surface area contributed by atoms with Gasteiger partial charge in [-0.05, 0) is 40.6 Å². The van der Waals surface area contributed by atoms with Crippen molar-refractivity contribution in [2.24, 2.45) is 5.92 Å². The summed E-state index contributed by atoms with van der Waals surface area (Å²) in [6.45, 7) is 7.23. The molecular weight excluding hydrogens is 324 g/mol. The summed E-state index contributed by atoms with van der Waals surface area (Å²) in [6.07, 6.45) is 3.33. The lowest BCUT2D eigenvalue weighted by molar-refractivity contribution is 0.173. The Labute approximate surface area is 153 Å². The van der Waals surface area contributed by atoms with E-state index in [1.54, 1.807) is 0 Å². The van der Waals surface area contributed by atoms with Crippen LogP contribution in [0.3, 0.4) is 0 Å². The standard InChI is InChI=1S/C22H30O2Si/c1-22(2,3)25(20-10-6-4-7-11-20,21-12-8-5-9-13-21)24-19-15-14-18(16-19)17-23/h4-13,18-19,23H,14-17H2,1-3H3. The summed E-state index contributed by atoms with van der Waals surface area (Å²) >= 11 is 0. The Kier molecular flexibility index (Phi) is 5.47. The zero-order valence-electron chi connectivity index (χ0n) is 15.6. The topological polar surface area (TPSA) is 29.5 Å². The third-order valence-electron chi connectivity index (χ3n) is 5.51. The Bertz CT molecular complexity index is 624. The summed E-state index contributed by atoms with van der Waals surface area (Å²) in [4.78, 5) is 0. The first-order valence-electron chi connectivity index (χ1n) is 9.37. The molecule has 1 saturated carbocycles. The van der Waals surface area contributed by atoms with Crippen molar-refractivity contribution in [3.63, 3.8) is 0 Å². The fraction of sp³-hybridized carbons (Fsp3) is 0.455. The Hall–Kier alpha value is -1.42. The van der Waals surface area contributed by atoms with Crippen molar-refractivity contribution in [3.8, 4) is 0 Å². The lowest BCUT2D eigenvalue weighted by Gasteiger charge is -2.44. The minimum Gasteiger partial charge on any atom is -0.404 e. The van der Waals surface area contributed by atoms with Crippen molar-refractivity contribution >= 4 is 18.7 Å². The van der Waals surface area contributed by atoms with Crippen molar-refractivity contribution in [1.82, 2.24) is 0 Å². The highest BCUT2D eigenvalue weighted by Gasteiger charge is 2.51. The molecule has 0 saturated heterocycles. The van der Waals surface area contributed by atoms with Crippen molar-refractivity contribution in [2.45, 2.75) is 51.2 Å². The van der Waals surface area contributed by atoms with E-state index in [4.69, 9.17) is 4.43 Å². The highest BCUT2D eigenvalue weighted by molar-refractivity contribution is 6.99. The first kappa shape index (κ1) is 18.4. The summed E-state index contributed by atoms with van der Waals surface area (Å²) in [5, 5.41) is 12.2. The van der Waals surface area contributed by atoms with Crippen LogP contribution >= 0.6 is 0 Å². The molecule has 134 valence electrons. The van der Waals surface area contributed by atoms with Gasteiger partial charge in [-0.25, -0.2) is 0 Å². The van der Waals surface area contributed by atoms with Gasteiger partial charge in [-0.15, -0.1) is 0 Å². The first-order chi connectivity index (χ1) is 12.0. The van der Waals surface area contributed by atoms with Crippen molar-refractivity contribution in [2.75, 3.05) is 6.61 Å². The fourth-order valence-electron chi connectivity index (χ4n) is 4.24. The molecule has 2 unspecified atom stereocenters. The molecule has 2 aromatic carbocycles. The van der Waals surface area contributed by atoms with Crippen LogP contribution < -0.4 is 10.4 Å². The van der Waals surface area contributed by atoms with Gasteiger partial charge in [0.2, 0.25) is 0 Å². The van der Waals surface area contributed by atoms with Gasteiger partial charge in [-0.3, -0.25) is 0 Å². The summed E-state index contributed by atoms with van der Waals surface area (Å²) in [5.74, 6) is 0.392. The summed E-state index contributed by atoms with van der Waals surface area (Å²) in [6, 6.07) is 21.6. The van der Waals surface area contributed by atoms with Gasteiger partial charge in [0, 0.05) is 12.7 Å². The molecule has 3 heteroatoms. The number of hydrogen-bond donors (Lipinski definition) is 1. The third kappa shape index (κ3) is 3.59. The minimum absolute atomic E-state index is 0.0208. The van der Waals surface area contributed by atoms with E-state index in [-0.39, 0.29) is 17.7 Å². The van der Waals surface area contributed by atoms with E-state index < -0.39 is 8.32 Å². The maximum atomic E-state index is 9.53. The molecule has 0 radical (unpaired) electrons. The Morgan fingerprint density at radius 3 is 1.84 bits per heavy atom. The SMILES string of the molecule is CC(C)(C)[Si](OC1CCC(CO)C1)(c1ccccc1)c1ccccc1. The minimum atomic E-state index is -2.44. The van der Waals surface area contributed by atoms with E-state index in [0.717, 1.165) is 19.3 Å². The Morgan fingerprint density at radius 1 is 0.920 bits per heavy atom. The smallest absolute Gasteiger partial charge is 0.261 e. The van der Waals surface area contributed by atoms with Crippen LogP contribution in [0, 0.1) is 5.92 Å². The van der Waals surface area contributed by atoms with Crippen LogP contribution in [0.5, 0.6) is 0 Å². The van der Waals surface area contributed by atoms with Gasteiger partial charge in [0.25, 0.3) is 8.32 Å². The third-order valence-corrected chi connectivity index (χ3v) is 10.6. The highest BCUT2D eigenvalue weighted by Crippen LogP contribution is 2.40. The van der Waals surface area contributed by atoms with Crippen LogP contribution in [0.15, 0.2) is 60.7 Å². The summed E-state index contributed by atoms with van der Waals surface area (Å²) < 4.78 is 7.10. The molecule has 0 aromatic heterocycles. The molecule has 25 heavy (non-hydrogen) atoms. The second kappa shape index (κ2) is 7.44. The predicted molar refractivity (Wildman–Crippen MR) is 107 cm³/mol. The van der Waals surface area contributed by atoms with Gasteiger partial charge < -0.3 is 9.53 Å². The zero-order chi connectivity index (χ0) is 17.9. The molecule has 1 N–H and O–H groups in total. The zero-order valence-corrected chi connectivity index (χ0v) is 16.6. The average Bonchev–Trinajstić information content (AvgIpc) is 3.08. The second-order valence-electron chi connectivity index (χ2n) is 8.26. The monoisotopic (exact) mass is 354 g/mol. The predicted octanol–water partition coefficient (Wildman–Crippen LogP) is 3.72. The van der Waals surface area contributed by atoms with E-state index in [9.17, 15) is 5.11 Å². The van der Waals surface area contributed by atoms with Gasteiger partial charge in [0.1, 0.15) is 0 Å². The van der Waals surface area contributed by atoms with Gasteiger partial charge in [0.05, 0.1) is 0 Å². The maximum absolute atomic E-state index is 9.53. The molecule has 0 bridgehead atoms. The molecule has 3 rings (SSSR count). The Balaban J connectivity index is 2.09. The largest absolute Gasteiger partial charge is 0.404 e. The lowest BCUT2D eigenvalue weighted by Crippen LogP contribution is -2.67. The maximum Gasteiger partial charge on any atom is 0.261 e. The second-order valence-corrected chi connectivity index (χ2v) is 12.5. The van der Waals surface area contributed by atoms with Crippen LogP contribution in [0.2, 0.25) is 5.04 Å². The number of aliphatic hydroxyl groups excluding tert-OH is 1. The van der Waals surface area contributed by atoms with Gasteiger partial charge in [-0.2, -0.15) is 0 Å². The van der Waals surface area contributed by atoms with Gasteiger partial charge >= 0.3 is 0 Å². The van der Waals surface area contributed by atoms with Gasteiger partial charge in [-0.1, -0.05) is 81.4 Å². The van der Waals surface area contributed by atoms with Crippen LogP contribution in [0.4, 0.5) is 0 Å². The van der Waals surface area contributed by atoms with E-state index in [1.807, 2.05) is 0 Å². The van der Waals surface area contributed by atoms with Crippen LogP contribution in [0.25, 0.3) is 0 Å². The summed E-state index contributed by atoms with van der Waals surface area (Å²) in [7, 11) is -2.44. The molecule has 0 amide bonds. The average molecular weight is 355 g/mol. The number of hydrogen-bond acceptors (Lipinski definition) is 2. The van der Waals surface area contributed by atoms with E-state index in [2.05, 4.69) is 81.4 Å². The molecule has 0 spiro atoms. The lowest BCUT2D eigenvalue weighted by atomic mass is 10.1. The van der Waals surface area contributed by atoms with E-state index in [1.165, 1.54) is 10.4 Å². The van der Waals surface area contributed by atoms with Crippen LogP contribution in [0.1, 0.15) is 40.0 Å². The van der Waals surface area contributed by atoms with Crippen LogP contribution in [-0.4, -0.2) is 26.1 Å². The quantitative estimate of drug-likeness (QED) is 0.829. The molecule has 1 aliphatic carbocycles. The molecule has 0 aliphatic heterocycles. The van der Waals surface area contributed by atoms with E-state index in [0.29, 0.717) is 5.92 Å². The molecule has 1 fully saturated rings. The fourth-order valence-corrected chi connectivity index (χ4v) is 8.97.